The van der Waals surface area contributed by atoms with Crippen LogP contribution in [0.2, 0.25) is 5.02 Å². The van der Waals surface area contributed by atoms with Crippen molar-refractivity contribution in [1.29, 1.82) is 0 Å². The first-order valence-corrected chi connectivity index (χ1v) is 13.7. The monoisotopic (exact) mass is 516 g/mol. The van der Waals surface area contributed by atoms with Crippen LogP contribution in [-0.2, 0) is 5.41 Å². The molecule has 1 atom stereocenters. The lowest BCUT2D eigenvalue weighted by Gasteiger charge is -2.32. The normalized spacial score (nSPS) is 16.4. The zero-order valence-corrected chi connectivity index (χ0v) is 21.7. The van der Waals surface area contributed by atoms with Crippen molar-refractivity contribution in [2.45, 2.75) is 5.41 Å². The average Bonchev–Trinajstić information content (AvgIpc) is 3.61. The molecule has 1 spiro atoms. The van der Waals surface area contributed by atoms with Crippen LogP contribution in [0.5, 0.6) is 0 Å². The van der Waals surface area contributed by atoms with Crippen LogP contribution in [0.15, 0.2) is 132 Å². The maximum absolute atomic E-state index is 6.64. The molecule has 1 heterocycles. The van der Waals surface area contributed by atoms with Crippen LogP contribution >= 0.6 is 11.6 Å². The molecule has 6 aromatic carbocycles. The van der Waals surface area contributed by atoms with Gasteiger partial charge in [0.1, 0.15) is 11.2 Å². The van der Waals surface area contributed by atoms with E-state index in [0.29, 0.717) is 0 Å². The summed E-state index contributed by atoms with van der Waals surface area (Å²) in [6.45, 7) is 0. The van der Waals surface area contributed by atoms with E-state index in [-0.39, 0.29) is 0 Å². The number of furan rings is 1. The Bertz CT molecular complexity index is 2150. The molecule has 182 valence electrons. The van der Waals surface area contributed by atoms with Gasteiger partial charge in [-0.2, -0.15) is 0 Å². The Morgan fingerprint density at radius 1 is 0.513 bits per heavy atom. The fourth-order valence-electron chi connectivity index (χ4n) is 7.36. The molecule has 0 bridgehead atoms. The summed E-state index contributed by atoms with van der Waals surface area (Å²) in [5.41, 5.74) is 13.9. The van der Waals surface area contributed by atoms with Crippen LogP contribution in [0.3, 0.4) is 0 Å². The number of rotatable bonds is 1. The van der Waals surface area contributed by atoms with Crippen LogP contribution < -0.4 is 0 Å². The van der Waals surface area contributed by atoms with Crippen molar-refractivity contribution in [3.8, 4) is 33.4 Å². The standard InChI is InChI=1S/C37H21ClO/c38-23-10-7-9-22(21-23)24-14-8-15-27-25-11-1-4-16-30(25)37(35(24)27)31-17-5-2-13-29(31)34-32(37)20-19-28-26-12-3-6-18-33(26)39-36(28)34/h1-21H. The summed E-state index contributed by atoms with van der Waals surface area (Å²) < 4.78 is 6.64. The predicted octanol–water partition coefficient (Wildman–Crippen LogP) is 10.2. The molecule has 1 aromatic heterocycles. The predicted molar refractivity (Wildman–Crippen MR) is 160 cm³/mol. The van der Waals surface area contributed by atoms with Crippen molar-refractivity contribution < 1.29 is 4.42 Å². The molecular weight excluding hydrogens is 496 g/mol. The highest BCUT2D eigenvalue weighted by Gasteiger charge is 2.53. The van der Waals surface area contributed by atoms with E-state index < -0.39 is 5.41 Å². The Balaban J connectivity index is 1.50. The highest BCUT2D eigenvalue weighted by Crippen LogP contribution is 2.65. The smallest absolute Gasteiger partial charge is 0.143 e. The van der Waals surface area contributed by atoms with E-state index in [9.17, 15) is 0 Å². The minimum atomic E-state index is -0.468. The first kappa shape index (κ1) is 21.4. The van der Waals surface area contributed by atoms with Gasteiger partial charge in [0.25, 0.3) is 0 Å². The minimum absolute atomic E-state index is 0.468. The van der Waals surface area contributed by atoms with Crippen molar-refractivity contribution >= 4 is 33.5 Å². The van der Waals surface area contributed by atoms with Crippen molar-refractivity contribution in [2.75, 3.05) is 0 Å². The molecule has 2 aliphatic rings. The van der Waals surface area contributed by atoms with Gasteiger partial charge in [0.15, 0.2) is 0 Å². The molecule has 0 amide bonds. The molecule has 0 fully saturated rings. The third kappa shape index (κ3) is 2.56. The summed E-state index contributed by atoms with van der Waals surface area (Å²) in [6.07, 6.45) is 0. The van der Waals surface area contributed by atoms with Crippen LogP contribution in [0.1, 0.15) is 22.3 Å². The summed E-state index contributed by atoms with van der Waals surface area (Å²) in [4.78, 5) is 0. The maximum Gasteiger partial charge on any atom is 0.143 e. The topological polar surface area (TPSA) is 13.1 Å². The Labute approximate surface area is 230 Å². The van der Waals surface area contributed by atoms with Gasteiger partial charge < -0.3 is 4.42 Å². The second kappa shape index (κ2) is 7.50. The molecule has 9 rings (SSSR count). The van der Waals surface area contributed by atoms with E-state index in [1.165, 1.54) is 50.1 Å². The number of fused-ring (bicyclic) bond motifs is 14. The van der Waals surface area contributed by atoms with Gasteiger partial charge in [-0.15, -0.1) is 0 Å². The second-order valence-corrected chi connectivity index (χ2v) is 11.0. The lowest BCUT2D eigenvalue weighted by molar-refractivity contribution is 0.669. The lowest BCUT2D eigenvalue weighted by Crippen LogP contribution is -2.26. The van der Waals surface area contributed by atoms with Crippen molar-refractivity contribution in [2.24, 2.45) is 0 Å². The Kier molecular flexibility index (Phi) is 4.11. The van der Waals surface area contributed by atoms with Crippen molar-refractivity contribution in [3.05, 3.63) is 155 Å². The third-order valence-corrected chi connectivity index (χ3v) is 8.98. The number of hydrogen-bond acceptors (Lipinski definition) is 1. The van der Waals surface area contributed by atoms with Crippen LogP contribution in [0.25, 0.3) is 55.3 Å². The van der Waals surface area contributed by atoms with Crippen LogP contribution in [0.4, 0.5) is 0 Å². The minimum Gasteiger partial charge on any atom is -0.455 e. The molecule has 2 aliphatic carbocycles. The van der Waals surface area contributed by atoms with Gasteiger partial charge in [-0.3, -0.25) is 0 Å². The van der Waals surface area contributed by atoms with Gasteiger partial charge in [0.2, 0.25) is 0 Å². The summed E-state index contributed by atoms with van der Waals surface area (Å²) in [5, 5.41) is 3.05. The van der Waals surface area contributed by atoms with Crippen LogP contribution in [-0.4, -0.2) is 0 Å². The largest absolute Gasteiger partial charge is 0.455 e. The molecule has 2 heteroatoms. The molecular formula is C37H21ClO. The quantitative estimate of drug-likeness (QED) is 0.211. The molecule has 0 saturated carbocycles. The maximum atomic E-state index is 6.64. The van der Waals surface area contributed by atoms with E-state index in [1.807, 2.05) is 18.2 Å². The Morgan fingerprint density at radius 3 is 2.08 bits per heavy atom. The molecule has 0 aliphatic heterocycles. The first-order valence-electron chi connectivity index (χ1n) is 13.3. The van der Waals surface area contributed by atoms with E-state index >= 15 is 0 Å². The van der Waals surface area contributed by atoms with Crippen LogP contribution in [0, 0.1) is 0 Å². The number of benzene rings is 6. The van der Waals surface area contributed by atoms with Gasteiger partial charge in [0, 0.05) is 21.4 Å². The second-order valence-electron chi connectivity index (χ2n) is 10.5. The molecule has 39 heavy (non-hydrogen) atoms. The summed E-state index contributed by atoms with van der Waals surface area (Å²) in [6, 6.07) is 45.7. The van der Waals surface area contributed by atoms with Crippen molar-refractivity contribution in [3.63, 3.8) is 0 Å². The number of halogens is 1. The van der Waals surface area contributed by atoms with E-state index in [0.717, 1.165) is 32.5 Å². The summed E-state index contributed by atoms with van der Waals surface area (Å²) >= 11 is 6.54. The third-order valence-electron chi connectivity index (χ3n) is 8.75. The summed E-state index contributed by atoms with van der Waals surface area (Å²) in [7, 11) is 0. The fraction of sp³-hybridized carbons (Fsp3) is 0.0270. The zero-order chi connectivity index (χ0) is 25.7. The molecule has 7 aromatic rings. The molecule has 0 radical (unpaired) electrons. The highest BCUT2D eigenvalue weighted by molar-refractivity contribution is 6.30. The average molecular weight is 517 g/mol. The molecule has 0 N–H and O–H groups in total. The Hall–Kier alpha value is -4.59. The molecule has 0 saturated heterocycles. The fourth-order valence-corrected chi connectivity index (χ4v) is 7.55. The lowest BCUT2D eigenvalue weighted by atomic mass is 9.68. The van der Waals surface area contributed by atoms with Gasteiger partial charge >= 0.3 is 0 Å². The van der Waals surface area contributed by atoms with E-state index in [4.69, 9.17) is 16.0 Å². The number of hydrogen-bond donors (Lipinski definition) is 0. The van der Waals surface area contributed by atoms with E-state index in [1.54, 1.807) is 0 Å². The Morgan fingerprint density at radius 2 is 1.21 bits per heavy atom. The van der Waals surface area contributed by atoms with Gasteiger partial charge in [0.05, 0.1) is 5.41 Å². The van der Waals surface area contributed by atoms with E-state index in [2.05, 4.69) is 109 Å². The molecule has 1 unspecified atom stereocenters. The summed E-state index contributed by atoms with van der Waals surface area (Å²) in [5.74, 6) is 0. The van der Waals surface area contributed by atoms with Crippen molar-refractivity contribution in [1.82, 2.24) is 0 Å². The van der Waals surface area contributed by atoms with Gasteiger partial charge in [-0.25, -0.2) is 0 Å². The van der Waals surface area contributed by atoms with Gasteiger partial charge in [-0.1, -0.05) is 121 Å². The molecule has 1 nitrogen and oxygen atoms in total. The zero-order valence-electron chi connectivity index (χ0n) is 20.9. The highest BCUT2D eigenvalue weighted by atomic mass is 35.5. The first-order chi connectivity index (χ1) is 19.3. The SMILES string of the molecule is Clc1cccc(-c2cccc3c2C2(c4ccccc4-3)c3ccccc3-c3c2ccc2c3oc3ccccc32)c1. The van der Waals surface area contributed by atoms with Gasteiger partial charge in [-0.05, 0) is 68.3 Å². The number of para-hydroxylation sites is 1.